The van der Waals surface area contributed by atoms with Crippen LogP contribution in [0.3, 0.4) is 0 Å². The van der Waals surface area contributed by atoms with Gasteiger partial charge in [-0.3, -0.25) is 4.79 Å². The van der Waals surface area contributed by atoms with E-state index in [0.29, 0.717) is 12.3 Å². The largest absolute Gasteiger partial charge is 0.481 e. The molecule has 0 radical (unpaired) electrons. The van der Waals surface area contributed by atoms with Crippen molar-refractivity contribution in [2.45, 2.75) is 65.0 Å². The Hall–Kier alpha value is -1.26. The van der Waals surface area contributed by atoms with Crippen LogP contribution in [0.15, 0.2) is 0 Å². The van der Waals surface area contributed by atoms with Crippen molar-refractivity contribution in [2.24, 2.45) is 11.8 Å². The van der Waals surface area contributed by atoms with Crippen LogP contribution in [0.5, 0.6) is 0 Å². The Morgan fingerprint density at radius 2 is 1.95 bits per heavy atom. The third-order valence-corrected chi connectivity index (χ3v) is 4.15. The van der Waals surface area contributed by atoms with E-state index in [9.17, 15) is 9.59 Å². The Morgan fingerprint density at radius 3 is 2.50 bits per heavy atom. The molecule has 1 saturated carbocycles. The zero-order valence-electron chi connectivity index (χ0n) is 13.1. The molecule has 116 valence electrons. The predicted molar refractivity (Wildman–Crippen MR) is 78.6 cm³/mol. The van der Waals surface area contributed by atoms with Crippen LogP contribution in [0.2, 0.25) is 0 Å². The van der Waals surface area contributed by atoms with Crippen molar-refractivity contribution >= 4 is 12.0 Å². The standard InChI is InChI=1S/C15H28N2O3/c1-10(2)8-11(3)17(4)15(20)16-13-7-5-6-12(9-13)14(18)19/h10-13H,5-9H2,1-4H3,(H,16,20)(H,18,19). The number of nitrogens with zero attached hydrogens (tertiary/aromatic N) is 1. The summed E-state index contributed by atoms with van der Waals surface area (Å²) in [5, 5.41) is 12.0. The van der Waals surface area contributed by atoms with E-state index in [2.05, 4.69) is 19.2 Å². The number of carboxylic acids is 1. The van der Waals surface area contributed by atoms with Crippen molar-refractivity contribution in [1.29, 1.82) is 0 Å². The van der Waals surface area contributed by atoms with Crippen LogP contribution in [-0.4, -0.2) is 41.1 Å². The Labute approximate surface area is 121 Å². The molecule has 3 atom stereocenters. The molecular weight excluding hydrogens is 256 g/mol. The summed E-state index contributed by atoms with van der Waals surface area (Å²) < 4.78 is 0. The summed E-state index contributed by atoms with van der Waals surface area (Å²) in [6.45, 7) is 6.32. The maximum Gasteiger partial charge on any atom is 0.317 e. The van der Waals surface area contributed by atoms with E-state index in [4.69, 9.17) is 5.11 Å². The van der Waals surface area contributed by atoms with Crippen LogP contribution in [-0.2, 0) is 4.79 Å². The smallest absolute Gasteiger partial charge is 0.317 e. The van der Waals surface area contributed by atoms with Gasteiger partial charge in [-0.15, -0.1) is 0 Å². The maximum atomic E-state index is 12.2. The third-order valence-electron chi connectivity index (χ3n) is 4.15. The number of carbonyl (C=O) groups excluding carboxylic acids is 1. The molecule has 0 aromatic carbocycles. The number of nitrogens with one attached hydrogen (secondary N) is 1. The normalized spacial score (nSPS) is 24.2. The lowest BCUT2D eigenvalue weighted by molar-refractivity contribution is -0.143. The molecule has 1 aliphatic rings. The van der Waals surface area contributed by atoms with Crippen LogP contribution in [0, 0.1) is 11.8 Å². The molecule has 1 aliphatic carbocycles. The van der Waals surface area contributed by atoms with E-state index < -0.39 is 5.97 Å². The number of hydrogen-bond donors (Lipinski definition) is 2. The fourth-order valence-corrected chi connectivity index (χ4v) is 2.86. The van der Waals surface area contributed by atoms with Crippen LogP contribution in [0.4, 0.5) is 4.79 Å². The summed E-state index contributed by atoms with van der Waals surface area (Å²) in [5.41, 5.74) is 0. The Morgan fingerprint density at radius 1 is 1.30 bits per heavy atom. The number of amides is 2. The highest BCUT2D eigenvalue weighted by Gasteiger charge is 2.29. The minimum atomic E-state index is -0.745. The van der Waals surface area contributed by atoms with Gasteiger partial charge in [0.25, 0.3) is 0 Å². The topological polar surface area (TPSA) is 69.6 Å². The number of urea groups is 1. The molecule has 20 heavy (non-hydrogen) atoms. The molecular formula is C15H28N2O3. The number of rotatable bonds is 5. The van der Waals surface area contributed by atoms with E-state index in [1.54, 1.807) is 11.9 Å². The molecule has 0 aliphatic heterocycles. The van der Waals surface area contributed by atoms with Gasteiger partial charge in [-0.1, -0.05) is 20.3 Å². The number of carbonyl (C=O) groups is 2. The van der Waals surface area contributed by atoms with Crippen LogP contribution < -0.4 is 5.32 Å². The van der Waals surface area contributed by atoms with Gasteiger partial charge in [0.15, 0.2) is 0 Å². The van der Waals surface area contributed by atoms with Gasteiger partial charge in [0.2, 0.25) is 0 Å². The summed E-state index contributed by atoms with van der Waals surface area (Å²) in [6, 6.07) is 0.0918. The molecule has 0 bridgehead atoms. The summed E-state index contributed by atoms with van der Waals surface area (Å²) in [5.74, 6) is -0.510. The lowest BCUT2D eigenvalue weighted by Crippen LogP contribution is -2.48. The molecule has 5 heteroatoms. The zero-order valence-corrected chi connectivity index (χ0v) is 13.1. The van der Waals surface area contributed by atoms with Crippen molar-refractivity contribution in [3.8, 4) is 0 Å². The highest BCUT2D eigenvalue weighted by atomic mass is 16.4. The van der Waals surface area contributed by atoms with Crippen molar-refractivity contribution in [3.05, 3.63) is 0 Å². The first-order valence-electron chi connectivity index (χ1n) is 7.57. The highest BCUT2D eigenvalue weighted by molar-refractivity contribution is 5.75. The average molecular weight is 284 g/mol. The molecule has 1 rings (SSSR count). The molecule has 0 aromatic heterocycles. The van der Waals surface area contributed by atoms with Gasteiger partial charge in [0.05, 0.1) is 5.92 Å². The second-order valence-corrected chi connectivity index (χ2v) is 6.44. The second-order valence-electron chi connectivity index (χ2n) is 6.44. The van der Waals surface area contributed by atoms with Gasteiger partial charge in [0.1, 0.15) is 0 Å². The lowest BCUT2D eigenvalue weighted by Gasteiger charge is -2.32. The molecule has 1 fully saturated rings. The average Bonchev–Trinajstić information content (AvgIpc) is 2.37. The monoisotopic (exact) mass is 284 g/mol. The van der Waals surface area contributed by atoms with Crippen LogP contribution in [0.1, 0.15) is 52.9 Å². The van der Waals surface area contributed by atoms with Crippen molar-refractivity contribution in [3.63, 3.8) is 0 Å². The van der Waals surface area contributed by atoms with Crippen LogP contribution in [0.25, 0.3) is 0 Å². The van der Waals surface area contributed by atoms with Gasteiger partial charge in [-0.2, -0.15) is 0 Å². The zero-order chi connectivity index (χ0) is 15.3. The molecule has 2 N–H and O–H groups in total. The molecule has 2 amide bonds. The van der Waals surface area contributed by atoms with Crippen LogP contribution >= 0.6 is 0 Å². The lowest BCUT2D eigenvalue weighted by atomic mass is 9.86. The van der Waals surface area contributed by atoms with E-state index in [-0.39, 0.29) is 24.0 Å². The Balaban J connectivity index is 2.46. The third kappa shape index (κ3) is 5.02. The van der Waals surface area contributed by atoms with Gasteiger partial charge >= 0.3 is 12.0 Å². The minimum Gasteiger partial charge on any atom is -0.481 e. The van der Waals surface area contributed by atoms with Crippen molar-refractivity contribution in [2.75, 3.05) is 7.05 Å². The summed E-state index contributed by atoms with van der Waals surface area (Å²) in [4.78, 5) is 24.9. The first-order chi connectivity index (χ1) is 9.31. The summed E-state index contributed by atoms with van der Waals surface area (Å²) in [6.07, 6.45) is 3.98. The molecule has 3 unspecified atom stereocenters. The highest BCUT2D eigenvalue weighted by Crippen LogP contribution is 2.24. The van der Waals surface area contributed by atoms with E-state index in [1.165, 1.54) is 0 Å². The van der Waals surface area contributed by atoms with Crippen molar-refractivity contribution in [1.82, 2.24) is 10.2 Å². The fraction of sp³-hybridized carbons (Fsp3) is 0.867. The number of hydrogen-bond acceptors (Lipinski definition) is 2. The van der Waals surface area contributed by atoms with Gasteiger partial charge in [0, 0.05) is 19.1 Å². The number of carboxylic acid groups (broad SMARTS) is 1. The van der Waals surface area contributed by atoms with E-state index >= 15 is 0 Å². The Bertz CT molecular complexity index is 344. The van der Waals surface area contributed by atoms with E-state index in [0.717, 1.165) is 25.7 Å². The van der Waals surface area contributed by atoms with Gasteiger partial charge in [-0.25, -0.2) is 4.79 Å². The Kier molecular flexibility index (Phi) is 6.30. The fourth-order valence-electron chi connectivity index (χ4n) is 2.86. The molecule has 5 nitrogen and oxygen atoms in total. The quantitative estimate of drug-likeness (QED) is 0.815. The molecule has 0 aromatic rings. The number of aliphatic carboxylic acids is 1. The van der Waals surface area contributed by atoms with Crippen molar-refractivity contribution < 1.29 is 14.7 Å². The second kappa shape index (κ2) is 7.50. The summed E-state index contributed by atoms with van der Waals surface area (Å²) in [7, 11) is 1.81. The SMILES string of the molecule is CC(C)CC(C)N(C)C(=O)NC1CCCC(C(=O)O)C1. The molecule has 0 spiro atoms. The van der Waals surface area contributed by atoms with Gasteiger partial charge < -0.3 is 15.3 Å². The molecule has 0 heterocycles. The summed E-state index contributed by atoms with van der Waals surface area (Å²) >= 11 is 0. The van der Waals surface area contributed by atoms with E-state index in [1.807, 2.05) is 6.92 Å². The minimum absolute atomic E-state index is 0.00829. The first kappa shape index (κ1) is 16.8. The molecule has 0 saturated heterocycles. The maximum absolute atomic E-state index is 12.2. The first-order valence-corrected chi connectivity index (χ1v) is 7.57. The predicted octanol–water partition coefficient (Wildman–Crippen LogP) is 2.71. The van der Waals surface area contributed by atoms with Gasteiger partial charge in [-0.05, 0) is 38.5 Å².